The Morgan fingerprint density at radius 2 is 1.80 bits per heavy atom. The van der Waals surface area contributed by atoms with Crippen LogP contribution in [0.1, 0.15) is 11.1 Å². The lowest BCUT2D eigenvalue weighted by molar-refractivity contribution is -0.118. The number of para-hydroxylation sites is 1. The lowest BCUT2D eigenvalue weighted by Crippen LogP contribution is -2.24. The summed E-state index contributed by atoms with van der Waals surface area (Å²) >= 11 is 1.17. The summed E-state index contributed by atoms with van der Waals surface area (Å²) in [5, 5.41) is 4.96. The predicted molar refractivity (Wildman–Crippen MR) is 138 cm³/mol. The molecule has 0 bridgehead atoms. The number of aryl methyl sites for hydroxylation is 1. The Bertz CT molecular complexity index is 1450. The van der Waals surface area contributed by atoms with Crippen molar-refractivity contribution in [2.45, 2.75) is 12.1 Å². The molecule has 178 valence electrons. The topological polar surface area (TPSA) is 94.8 Å². The van der Waals surface area contributed by atoms with Crippen LogP contribution in [0.3, 0.4) is 0 Å². The Morgan fingerprint density at radius 3 is 2.54 bits per heavy atom. The lowest BCUT2D eigenvalue weighted by Gasteiger charge is -2.13. The lowest BCUT2D eigenvalue weighted by atomic mass is 10.2. The molecule has 0 aliphatic carbocycles. The zero-order chi connectivity index (χ0) is 24.8. The number of nitrogens with zero attached hydrogens (tertiary/aromatic N) is 3. The normalized spacial score (nSPS) is 11.1. The maximum Gasteiger partial charge on any atom is 0.266 e. The summed E-state index contributed by atoms with van der Waals surface area (Å²) in [6, 6.07) is 20.1. The molecule has 9 heteroatoms. The molecule has 35 heavy (non-hydrogen) atoms. The molecule has 0 aliphatic rings. The number of methoxy groups -OCH3 is 2. The van der Waals surface area contributed by atoms with Crippen LogP contribution in [0.5, 0.6) is 11.5 Å². The molecule has 1 aromatic heterocycles. The summed E-state index contributed by atoms with van der Waals surface area (Å²) in [4.78, 5) is 30.4. The van der Waals surface area contributed by atoms with E-state index >= 15 is 0 Å². The van der Waals surface area contributed by atoms with Gasteiger partial charge in [-0.2, -0.15) is 5.10 Å². The van der Waals surface area contributed by atoms with Gasteiger partial charge in [0, 0.05) is 0 Å². The highest BCUT2D eigenvalue weighted by molar-refractivity contribution is 7.99. The number of carbonyl (C=O) groups is 1. The van der Waals surface area contributed by atoms with Gasteiger partial charge in [-0.3, -0.25) is 14.2 Å². The van der Waals surface area contributed by atoms with Crippen LogP contribution >= 0.6 is 11.8 Å². The fourth-order valence-electron chi connectivity index (χ4n) is 3.40. The number of thioether (sulfide) groups is 1. The quantitative estimate of drug-likeness (QED) is 0.175. The minimum Gasteiger partial charge on any atom is -0.493 e. The van der Waals surface area contributed by atoms with Gasteiger partial charge in [-0.15, -0.1) is 0 Å². The molecule has 1 N–H and O–H groups in total. The zero-order valence-electron chi connectivity index (χ0n) is 19.5. The maximum atomic E-state index is 13.3. The van der Waals surface area contributed by atoms with Crippen molar-refractivity contribution in [2.24, 2.45) is 5.10 Å². The van der Waals surface area contributed by atoms with Crippen molar-refractivity contribution in [1.29, 1.82) is 0 Å². The molecule has 4 rings (SSSR count). The second kappa shape index (κ2) is 10.9. The Labute approximate surface area is 206 Å². The number of amides is 1. The van der Waals surface area contributed by atoms with E-state index in [1.807, 2.05) is 43.3 Å². The van der Waals surface area contributed by atoms with E-state index in [1.165, 1.54) is 22.5 Å². The molecule has 8 nitrogen and oxygen atoms in total. The SMILES string of the molecule is COc1ccc(/C=N/NC(=O)CSc2nc3ccccc3c(=O)n2-c2ccc(C)cc2)cc1OC. The first kappa shape index (κ1) is 24.0. The number of fused-ring (bicyclic) bond motifs is 1. The van der Waals surface area contributed by atoms with Crippen molar-refractivity contribution in [3.63, 3.8) is 0 Å². The molecule has 0 atom stereocenters. The third kappa shape index (κ3) is 5.52. The third-order valence-corrected chi connectivity index (χ3v) is 6.12. The summed E-state index contributed by atoms with van der Waals surface area (Å²) < 4.78 is 12.0. The number of rotatable bonds is 8. The minimum atomic E-state index is -0.329. The molecule has 1 heterocycles. The van der Waals surface area contributed by atoms with Crippen LogP contribution < -0.4 is 20.5 Å². The number of ether oxygens (including phenoxy) is 2. The molecule has 0 spiro atoms. The van der Waals surface area contributed by atoms with Crippen molar-refractivity contribution >= 4 is 34.8 Å². The van der Waals surface area contributed by atoms with Gasteiger partial charge < -0.3 is 9.47 Å². The Hall–Kier alpha value is -4.11. The van der Waals surface area contributed by atoms with Crippen molar-refractivity contribution < 1.29 is 14.3 Å². The number of benzene rings is 3. The van der Waals surface area contributed by atoms with Crippen molar-refractivity contribution in [1.82, 2.24) is 15.0 Å². The summed E-state index contributed by atoms with van der Waals surface area (Å²) in [6.45, 7) is 1.98. The van der Waals surface area contributed by atoms with Crippen LogP contribution in [0, 0.1) is 6.92 Å². The first-order valence-electron chi connectivity index (χ1n) is 10.8. The first-order valence-corrected chi connectivity index (χ1v) is 11.7. The van der Waals surface area contributed by atoms with Crippen molar-refractivity contribution in [3.05, 3.63) is 88.2 Å². The molecule has 0 unspecified atom stereocenters. The molecule has 0 saturated carbocycles. The molecular weight excluding hydrogens is 464 g/mol. The monoisotopic (exact) mass is 488 g/mol. The molecule has 4 aromatic rings. The number of hydrogen-bond acceptors (Lipinski definition) is 7. The van der Waals surface area contributed by atoms with Gasteiger partial charge in [0.05, 0.1) is 42.8 Å². The van der Waals surface area contributed by atoms with Gasteiger partial charge in [0.15, 0.2) is 16.7 Å². The number of hydrazone groups is 1. The second-order valence-electron chi connectivity index (χ2n) is 7.58. The molecule has 0 aliphatic heterocycles. The highest BCUT2D eigenvalue weighted by atomic mass is 32.2. The van der Waals surface area contributed by atoms with E-state index < -0.39 is 0 Å². The fraction of sp³-hybridized carbons (Fsp3) is 0.154. The van der Waals surface area contributed by atoms with Gasteiger partial charge in [0.2, 0.25) is 0 Å². The number of hydrogen-bond donors (Lipinski definition) is 1. The molecule has 0 fully saturated rings. The van der Waals surface area contributed by atoms with Gasteiger partial charge in [-0.05, 0) is 55.0 Å². The van der Waals surface area contributed by atoms with E-state index in [4.69, 9.17) is 9.47 Å². The van der Waals surface area contributed by atoms with Crippen molar-refractivity contribution in [3.8, 4) is 17.2 Å². The number of nitrogens with one attached hydrogen (secondary N) is 1. The fourth-order valence-corrected chi connectivity index (χ4v) is 4.21. The zero-order valence-corrected chi connectivity index (χ0v) is 20.3. The molecule has 1 amide bonds. The van der Waals surface area contributed by atoms with E-state index in [-0.39, 0.29) is 17.2 Å². The van der Waals surface area contributed by atoms with E-state index in [0.29, 0.717) is 33.2 Å². The van der Waals surface area contributed by atoms with Gasteiger partial charge in [0.25, 0.3) is 11.5 Å². The van der Waals surface area contributed by atoms with Crippen LogP contribution in [0.2, 0.25) is 0 Å². The van der Waals surface area contributed by atoms with Gasteiger partial charge in [-0.1, -0.05) is 41.6 Å². The molecule has 0 radical (unpaired) electrons. The maximum absolute atomic E-state index is 13.3. The van der Waals surface area contributed by atoms with Gasteiger partial charge in [-0.25, -0.2) is 10.4 Å². The van der Waals surface area contributed by atoms with Gasteiger partial charge in [0.1, 0.15) is 0 Å². The van der Waals surface area contributed by atoms with Crippen LogP contribution in [0.15, 0.2) is 81.8 Å². The van der Waals surface area contributed by atoms with Crippen LogP contribution in [0.25, 0.3) is 16.6 Å². The third-order valence-electron chi connectivity index (χ3n) is 5.18. The highest BCUT2D eigenvalue weighted by Crippen LogP contribution is 2.27. The predicted octanol–water partition coefficient (Wildman–Crippen LogP) is 3.95. The molecular formula is C26H24N4O4S. The van der Waals surface area contributed by atoms with E-state index in [2.05, 4.69) is 15.5 Å². The average Bonchev–Trinajstić information content (AvgIpc) is 2.88. The van der Waals surface area contributed by atoms with E-state index in [0.717, 1.165) is 11.1 Å². The molecule has 3 aromatic carbocycles. The highest BCUT2D eigenvalue weighted by Gasteiger charge is 2.14. The minimum absolute atomic E-state index is 0.0277. The summed E-state index contributed by atoms with van der Waals surface area (Å²) in [6.07, 6.45) is 1.51. The summed E-state index contributed by atoms with van der Waals surface area (Å²) in [7, 11) is 3.11. The summed E-state index contributed by atoms with van der Waals surface area (Å²) in [5.41, 5.74) is 5.41. The molecule has 0 saturated heterocycles. The average molecular weight is 489 g/mol. The van der Waals surface area contributed by atoms with Crippen LogP contribution in [-0.4, -0.2) is 41.6 Å². The van der Waals surface area contributed by atoms with Crippen molar-refractivity contribution in [2.75, 3.05) is 20.0 Å². The summed E-state index contributed by atoms with van der Waals surface area (Å²) in [5.74, 6) is 0.867. The number of carbonyl (C=O) groups excluding carboxylic acids is 1. The number of aromatic nitrogens is 2. The Balaban J connectivity index is 1.52. The van der Waals surface area contributed by atoms with E-state index in [1.54, 1.807) is 44.6 Å². The Kier molecular flexibility index (Phi) is 7.47. The Morgan fingerprint density at radius 1 is 1.06 bits per heavy atom. The largest absolute Gasteiger partial charge is 0.493 e. The van der Waals surface area contributed by atoms with Crippen LogP contribution in [-0.2, 0) is 4.79 Å². The standard InChI is InChI=1S/C26H24N4O4S/c1-17-8-11-19(12-9-17)30-25(32)20-6-4-5-7-21(20)28-26(30)35-16-24(31)29-27-15-18-10-13-22(33-2)23(14-18)34-3/h4-15H,16H2,1-3H3,(H,29,31)/b27-15+. The smallest absolute Gasteiger partial charge is 0.266 e. The van der Waals surface area contributed by atoms with Crippen LogP contribution in [0.4, 0.5) is 0 Å². The van der Waals surface area contributed by atoms with Gasteiger partial charge >= 0.3 is 0 Å². The van der Waals surface area contributed by atoms with E-state index in [9.17, 15) is 9.59 Å². The first-order chi connectivity index (χ1) is 17.0. The second-order valence-corrected chi connectivity index (χ2v) is 8.53.